The van der Waals surface area contributed by atoms with Crippen molar-refractivity contribution in [2.24, 2.45) is 5.41 Å². The number of amides is 1. The number of hydrogen-bond donors (Lipinski definition) is 3. The van der Waals surface area contributed by atoms with Gasteiger partial charge in [-0.2, -0.15) is 0 Å². The molecule has 1 unspecified atom stereocenters. The summed E-state index contributed by atoms with van der Waals surface area (Å²) >= 11 is 6.22. The summed E-state index contributed by atoms with van der Waals surface area (Å²) in [5.41, 5.74) is 7.32. The number of halogens is 1. The van der Waals surface area contributed by atoms with E-state index in [1.54, 1.807) is 25.5 Å². The molecule has 2 aliphatic heterocycles. The van der Waals surface area contributed by atoms with Gasteiger partial charge < -0.3 is 24.5 Å². The Morgan fingerprint density at radius 3 is 2.45 bits per heavy atom. The zero-order valence-corrected chi connectivity index (χ0v) is 35.5. The van der Waals surface area contributed by atoms with E-state index in [0.29, 0.717) is 11.4 Å². The van der Waals surface area contributed by atoms with Gasteiger partial charge in [-0.25, -0.2) is 9.19 Å². The Bertz CT molecular complexity index is 2430. The number of nitro benzene ring substituents is 1. The normalized spacial score (nSPS) is 17.2. The van der Waals surface area contributed by atoms with Crippen LogP contribution in [-0.2, 0) is 20.5 Å². The second-order valence-electron chi connectivity index (χ2n) is 15.7. The Morgan fingerprint density at radius 1 is 1.02 bits per heavy atom. The molecule has 1 atom stereocenters. The number of aromatic amines is 1. The predicted octanol–water partition coefficient (Wildman–Crippen LogP) is 9.20. The van der Waals surface area contributed by atoms with E-state index in [4.69, 9.17) is 25.8 Å². The molecular formula is C45H49ClN6O7S. The van der Waals surface area contributed by atoms with E-state index in [2.05, 4.69) is 57.0 Å². The molecule has 1 fully saturated rings. The van der Waals surface area contributed by atoms with Gasteiger partial charge in [0.2, 0.25) is 0 Å². The molecular weight excluding hydrogens is 804 g/mol. The fraction of sp³-hybridized carbons (Fsp3) is 0.333. The van der Waals surface area contributed by atoms with Crippen molar-refractivity contribution < 1.29 is 28.1 Å². The van der Waals surface area contributed by atoms with E-state index in [0.717, 1.165) is 93.3 Å². The average molecular weight is 853 g/mol. The molecule has 0 saturated carbocycles. The highest BCUT2D eigenvalue weighted by Gasteiger charge is 2.29. The van der Waals surface area contributed by atoms with Gasteiger partial charge in [-0.15, -0.1) is 0 Å². The quantitative estimate of drug-likeness (QED) is 0.0863. The van der Waals surface area contributed by atoms with E-state index in [1.165, 1.54) is 34.9 Å². The van der Waals surface area contributed by atoms with Crippen LogP contribution in [0, 0.1) is 15.5 Å². The maximum atomic E-state index is 13.7. The van der Waals surface area contributed by atoms with Crippen LogP contribution in [0.4, 0.5) is 11.4 Å². The Labute approximate surface area is 356 Å². The van der Waals surface area contributed by atoms with Gasteiger partial charge in [-0.3, -0.25) is 24.5 Å². The minimum absolute atomic E-state index is 0.0835. The Hall–Kier alpha value is -5.38. The number of pyridine rings is 1. The first-order valence-corrected chi connectivity index (χ1v) is 21.5. The van der Waals surface area contributed by atoms with Crippen molar-refractivity contribution in [3.05, 3.63) is 129 Å². The fourth-order valence-electron chi connectivity index (χ4n) is 7.57. The van der Waals surface area contributed by atoms with Crippen LogP contribution in [0.15, 0.2) is 102 Å². The number of ether oxygens (including phenoxy) is 3. The van der Waals surface area contributed by atoms with Crippen LogP contribution < -0.4 is 14.8 Å². The first kappa shape index (κ1) is 42.7. The molecule has 1 aliphatic carbocycles. The number of nitrogens with one attached hydrogen (secondary N) is 3. The third-order valence-corrected chi connectivity index (χ3v) is 12.2. The molecule has 8 rings (SSSR count). The number of allylic oxidation sites excluding steroid dienone is 1. The predicted molar refractivity (Wildman–Crippen MR) is 236 cm³/mol. The Balaban J connectivity index is 0.000000834. The zero-order valence-electron chi connectivity index (χ0n) is 33.9. The molecule has 1 amide bonds. The van der Waals surface area contributed by atoms with Crippen LogP contribution in [0.3, 0.4) is 0 Å². The van der Waals surface area contributed by atoms with Gasteiger partial charge in [0.1, 0.15) is 22.8 Å². The fourth-order valence-corrected chi connectivity index (χ4v) is 8.51. The van der Waals surface area contributed by atoms with Crippen LogP contribution >= 0.6 is 11.6 Å². The molecule has 314 valence electrons. The molecule has 3 aromatic carbocycles. The highest BCUT2D eigenvalue weighted by Crippen LogP contribution is 2.43. The van der Waals surface area contributed by atoms with Crippen LogP contribution in [0.25, 0.3) is 22.2 Å². The minimum Gasteiger partial charge on any atom is -0.455 e. The lowest BCUT2D eigenvalue weighted by Gasteiger charge is -2.36. The molecule has 2 aromatic heterocycles. The molecule has 13 nitrogen and oxygen atoms in total. The first-order valence-electron chi connectivity index (χ1n) is 19.9. The summed E-state index contributed by atoms with van der Waals surface area (Å²) in [6.07, 6.45) is 9.65. The number of carbonyl (C=O) groups excluding carboxylic acids is 1. The summed E-state index contributed by atoms with van der Waals surface area (Å²) in [6.45, 7) is 10.3. The molecule has 3 aliphatic rings. The number of aromatic nitrogens is 2. The zero-order chi connectivity index (χ0) is 42.2. The summed E-state index contributed by atoms with van der Waals surface area (Å²) in [5.74, 6) is 0.0353. The van der Waals surface area contributed by atoms with Gasteiger partial charge in [0.25, 0.3) is 11.6 Å². The SMILES string of the molecule is C1COCCO1.CNc1ccc(S(=O)NC(=O)c2ccc(C3=CCN(CC4=C(c5ccc(Cl)cc5)CC(C)(C)CC4)CC3)cc2Oc2cnc3[nH]ccc3c2)cc1[N+](=O)[O-]. The number of nitro groups is 1. The van der Waals surface area contributed by atoms with Crippen molar-refractivity contribution in [3.8, 4) is 11.5 Å². The summed E-state index contributed by atoms with van der Waals surface area (Å²) in [7, 11) is -0.528. The maximum absolute atomic E-state index is 13.7. The van der Waals surface area contributed by atoms with Gasteiger partial charge in [-0.05, 0) is 102 Å². The molecule has 0 radical (unpaired) electrons. The third kappa shape index (κ3) is 10.7. The van der Waals surface area contributed by atoms with Crippen LogP contribution in [0.1, 0.15) is 61.0 Å². The third-order valence-electron chi connectivity index (χ3n) is 10.9. The lowest BCUT2D eigenvalue weighted by atomic mass is 9.72. The molecule has 1 saturated heterocycles. The first-order chi connectivity index (χ1) is 29.0. The Kier molecular flexibility index (Phi) is 13.8. The lowest BCUT2D eigenvalue weighted by molar-refractivity contribution is -0.384. The summed E-state index contributed by atoms with van der Waals surface area (Å²) in [5, 5.41) is 15.9. The molecule has 15 heteroatoms. The maximum Gasteiger partial charge on any atom is 0.293 e. The van der Waals surface area contributed by atoms with Crippen LogP contribution in [-0.4, -0.2) is 83.0 Å². The number of benzene rings is 3. The number of carbonyl (C=O) groups is 1. The summed E-state index contributed by atoms with van der Waals surface area (Å²) in [6, 6.07) is 21.4. The molecule has 0 bridgehead atoms. The van der Waals surface area contributed by atoms with Crippen molar-refractivity contribution >= 4 is 62.0 Å². The molecule has 5 aromatic rings. The topological polar surface area (TPSA) is 161 Å². The molecule has 0 spiro atoms. The number of H-pyrrole nitrogens is 1. The molecule has 3 N–H and O–H groups in total. The number of rotatable bonds is 11. The van der Waals surface area contributed by atoms with E-state index >= 15 is 0 Å². The number of fused-ring (bicyclic) bond motifs is 1. The van der Waals surface area contributed by atoms with Crippen molar-refractivity contribution in [3.63, 3.8) is 0 Å². The van der Waals surface area contributed by atoms with Crippen molar-refractivity contribution in [1.82, 2.24) is 19.6 Å². The monoisotopic (exact) mass is 852 g/mol. The number of nitrogens with zero attached hydrogens (tertiary/aromatic N) is 3. The second kappa shape index (κ2) is 19.3. The minimum atomic E-state index is -2.09. The van der Waals surface area contributed by atoms with Gasteiger partial charge >= 0.3 is 0 Å². The highest BCUT2D eigenvalue weighted by molar-refractivity contribution is 7.83. The van der Waals surface area contributed by atoms with Crippen molar-refractivity contribution in [2.75, 3.05) is 58.4 Å². The van der Waals surface area contributed by atoms with Gasteiger partial charge in [0.15, 0.2) is 11.0 Å². The second-order valence-corrected chi connectivity index (χ2v) is 17.3. The van der Waals surface area contributed by atoms with Gasteiger partial charge in [0.05, 0.1) is 48.0 Å². The molecule has 60 heavy (non-hydrogen) atoms. The number of anilines is 1. The van der Waals surface area contributed by atoms with E-state index < -0.39 is 21.8 Å². The van der Waals surface area contributed by atoms with Crippen molar-refractivity contribution in [2.45, 2.75) is 44.4 Å². The standard InChI is InChI=1S/C41H41ClN6O5S.C4H8O2/c1-41(2)16-12-30(35(23-41)27-4-7-31(42)8-5-27)25-47-18-14-26(15-19-47)28-6-10-34(38(21-28)53-32-20-29-13-17-44-39(29)45-24-32)40(49)46-54(52)33-9-11-36(43-3)37(22-33)48(50)51;1-2-6-4-3-5-1/h4-11,13-14,17,20-22,24,43H,12,15-16,18-19,23,25H2,1-3H3,(H,44,45)(H,46,49);1-4H2. The summed E-state index contributed by atoms with van der Waals surface area (Å²) in [4.78, 5) is 34.7. The van der Waals surface area contributed by atoms with E-state index in [1.807, 2.05) is 36.4 Å². The van der Waals surface area contributed by atoms with Crippen LogP contribution in [0.5, 0.6) is 11.5 Å². The van der Waals surface area contributed by atoms with Gasteiger partial charge in [0, 0.05) is 49.4 Å². The largest absolute Gasteiger partial charge is 0.455 e. The highest BCUT2D eigenvalue weighted by atomic mass is 35.5. The van der Waals surface area contributed by atoms with Gasteiger partial charge in [-0.1, -0.05) is 55.3 Å². The number of hydrogen-bond acceptors (Lipinski definition) is 10. The summed E-state index contributed by atoms with van der Waals surface area (Å²) < 4.78 is 32.0. The smallest absolute Gasteiger partial charge is 0.293 e. The van der Waals surface area contributed by atoms with E-state index in [9.17, 15) is 19.1 Å². The Morgan fingerprint density at radius 2 is 1.77 bits per heavy atom. The van der Waals surface area contributed by atoms with E-state index in [-0.39, 0.29) is 33.0 Å². The van der Waals surface area contributed by atoms with Crippen LogP contribution in [0.2, 0.25) is 5.02 Å². The average Bonchev–Trinajstić information content (AvgIpc) is 3.73. The van der Waals surface area contributed by atoms with Crippen molar-refractivity contribution in [1.29, 1.82) is 0 Å². The lowest BCUT2D eigenvalue weighted by Crippen LogP contribution is -2.32. The molecule has 4 heterocycles.